The third kappa shape index (κ3) is 3.92. The lowest BCUT2D eigenvalue weighted by molar-refractivity contribution is -0.119. The van der Waals surface area contributed by atoms with Crippen molar-refractivity contribution in [2.75, 3.05) is 6.54 Å². The van der Waals surface area contributed by atoms with E-state index in [-0.39, 0.29) is 41.8 Å². The predicted octanol–water partition coefficient (Wildman–Crippen LogP) is 1.46. The molecule has 1 aliphatic rings. The summed E-state index contributed by atoms with van der Waals surface area (Å²) >= 11 is 5.03. The van der Waals surface area contributed by atoms with Gasteiger partial charge in [0.05, 0.1) is 11.1 Å². The Morgan fingerprint density at radius 3 is 2.30 bits per heavy atom. The van der Waals surface area contributed by atoms with E-state index < -0.39 is 0 Å². The molecule has 0 aromatic heterocycles. The average Bonchev–Trinajstić information content (AvgIpc) is 2.77. The number of benzene rings is 1. The van der Waals surface area contributed by atoms with Crippen molar-refractivity contribution in [1.82, 2.24) is 15.5 Å². The zero-order valence-electron chi connectivity index (χ0n) is 13.1. The summed E-state index contributed by atoms with van der Waals surface area (Å²) in [5.41, 5.74) is 0.763. The highest BCUT2D eigenvalue weighted by molar-refractivity contribution is 7.80. The maximum Gasteiger partial charge on any atom is 0.261 e. The third-order valence-corrected chi connectivity index (χ3v) is 3.90. The molecule has 7 heteroatoms. The molecule has 122 valence electrons. The first-order valence-corrected chi connectivity index (χ1v) is 7.90. The number of carbonyl (C=O) groups excluding carboxylic acids is 3. The van der Waals surface area contributed by atoms with Crippen molar-refractivity contribution >= 4 is 35.1 Å². The van der Waals surface area contributed by atoms with Crippen LogP contribution in [0.25, 0.3) is 0 Å². The maximum atomic E-state index is 12.2. The van der Waals surface area contributed by atoms with Gasteiger partial charge in [0.2, 0.25) is 5.91 Å². The van der Waals surface area contributed by atoms with E-state index in [1.165, 1.54) is 0 Å². The van der Waals surface area contributed by atoms with Gasteiger partial charge in [-0.25, -0.2) is 0 Å². The number of amides is 3. The second-order valence-electron chi connectivity index (χ2n) is 5.39. The molecule has 3 amide bonds. The van der Waals surface area contributed by atoms with Gasteiger partial charge in [-0.2, -0.15) is 0 Å². The molecule has 1 aromatic carbocycles. The number of hydrogen-bond acceptors (Lipinski definition) is 4. The third-order valence-electron chi connectivity index (χ3n) is 3.68. The first kappa shape index (κ1) is 17.1. The van der Waals surface area contributed by atoms with Gasteiger partial charge < -0.3 is 10.6 Å². The zero-order valence-corrected chi connectivity index (χ0v) is 13.9. The van der Waals surface area contributed by atoms with Gasteiger partial charge in [0.25, 0.3) is 11.8 Å². The molecule has 0 aliphatic carbocycles. The highest BCUT2D eigenvalue weighted by atomic mass is 32.1. The summed E-state index contributed by atoms with van der Waals surface area (Å²) in [6.07, 6.45) is 0.888. The molecule has 1 unspecified atom stereocenters. The second kappa shape index (κ2) is 7.32. The normalized spacial score (nSPS) is 14.4. The maximum absolute atomic E-state index is 12.2. The van der Waals surface area contributed by atoms with Gasteiger partial charge in [-0.05, 0) is 37.7 Å². The summed E-state index contributed by atoms with van der Waals surface area (Å²) in [4.78, 5) is 37.3. The van der Waals surface area contributed by atoms with Crippen LogP contribution in [0.4, 0.5) is 0 Å². The minimum atomic E-state index is -0.362. The van der Waals surface area contributed by atoms with Crippen LogP contribution in [0.1, 0.15) is 47.4 Å². The fourth-order valence-electron chi connectivity index (χ4n) is 2.21. The zero-order chi connectivity index (χ0) is 17.0. The van der Waals surface area contributed by atoms with E-state index in [4.69, 9.17) is 12.2 Å². The Balaban J connectivity index is 1.87. The Bertz CT molecular complexity index is 625. The summed E-state index contributed by atoms with van der Waals surface area (Å²) in [7, 11) is 0. The number of rotatable bonds is 5. The minimum Gasteiger partial charge on any atom is -0.360 e. The molecule has 0 bridgehead atoms. The molecule has 0 spiro atoms. The molecule has 2 N–H and O–H groups in total. The molecular formula is C16H19N3O3S. The van der Waals surface area contributed by atoms with Crippen molar-refractivity contribution in [3.8, 4) is 0 Å². The second-order valence-corrected chi connectivity index (χ2v) is 5.80. The topological polar surface area (TPSA) is 78.5 Å². The van der Waals surface area contributed by atoms with Crippen molar-refractivity contribution in [3.63, 3.8) is 0 Å². The van der Waals surface area contributed by atoms with Gasteiger partial charge in [-0.1, -0.05) is 19.1 Å². The first-order chi connectivity index (χ1) is 10.9. The van der Waals surface area contributed by atoms with Gasteiger partial charge in [0.1, 0.15) is 0 Å². The van der Waals surface area contributed by atoms with Gasteiger partial charge in [-0.3, -0.25) is 19.3 Å². The summed E-state index contributed by atoms with van der Waals surface area (Å²) < 4.78 is 0. The number of thiocarbonyl (C=S) groups is 1. The summed E-state index contributed by atoms with van der Waals surface area (Å²) in [6, 6.07) is 6.80. The van der Waals surface area contributed by atoms with Crippen molar-refractivity contribution in [3.05, 3.63) is 35.4 Å². The standard InChI is InChI=1S/C16H19N3O3S/c1-3-10(2)17-16(23)18-13(20)8-9-19-14(21)11-6-4-5-7-12(11)15(19)22/h4-7,10H,3,8-9H2,1-2H3,(H2,17,18,20,23). The van der Waals surface area contributed by atoms with E-state index in [0.29, 0.717) is 11.1 Å². The molecular weight excluding hydrogens is 314 g/mol. The molecule has 1 aromatic rings. The van der Waals surface area contributed by atoms with Crippen LogP contribution in [0.2, 0.25) is 0 Å². The van der Waals surface area contributed by atoms with Crippen LogP contribution in [0, 0.1) is 0 Å². The van der Waals surface area contributed by atoms with Crippen LogP contribution < -0.4 is 10.6 Å². The molecule has 0 saturated carbocycles. The van der Waals surface area contributed by atoms with Crippen LogP contribution in [0.3, 0.4) is 0 Å². The number of nitrogens with one attached hydrogen (secondary N) is 2. The smallest absolute Gasteiger partial charge is 0.261 e. The number of hydrogen-bond donors (Lipinski definition) is 2. The van der Waals surface area contributed by atoms with Crippen molar-refractivity contribution in [2.45, 2.75) is 32.7 Å². The monoisotopic (exact) mass is 333 g/mol. The fourth-order valence-corrected chi connectivity index (χ4v) is 2.52. The molecule has 1 aliphatic heterocycles. The van der Waals surface area contributed by atoms with E-state index in [1.54, 1.807) is 24.3 Å². The molecule has 6 nitrogen and oxygen atoms in total. The van der Waals surface area contributed by atoms with Gasteiger partial charge in [-0.15, -0.1) is 0 Å². The van der Waals surface area contributed by atoms with Crippen LogP contribution in [0.15, 0.2) is 24.3 Å². The molecule has 0 radical (unpaired) electrons. The highest BCUT2D eigenvalue weighted by Crippen LogP contribution is 2.22. The molecule has 2 rings (SSSR count). The quantitative estimate of drug-likeness (QED) is 0.630. The van der Waals surface area contributed by atoms with Gasteiger partial charge >= 0.3 is 0 Å². The summed E-state index contributed by atoms with van der Waals surface area (Å²) in [6.45, 7) is 3.99. The number of fused-ring (bicyclic) bond motifs is 1. The van der Waals surface area contributed by atoms with Crippen LogP contribution >= 0.6 is 12.2 Å². The largest absolute Gasteiger partial charge is 0.360 e. The molecule has 23 heavy (non-hydrogen) atoms. The van der Waals surface area contributed by atoms with Crippen LogP contribution in [-0.2, 0) is 4.79 Å². The first-order valence-electron chi connectivity index (χ1n) is 7.49. The van der Waals surface area contributed by atoms with E-state index in [9.17, 15) is 14.4 Å². The molecule has 1 atom stereocenters. The summed E-state index contributed by atoms with van der Waals surface area (Å²) in [5.74, 6) is -1.06. The van der Waals surface area contributed by atoms with Crippen molar-refractivity contribution in [1.29, 1.82) is 0 Å². The van der Waals surface area contributed by atoms with E-state index in [0.717, 1.165) is 11.3 Å². The minimum absolute atomic E-state index is 0.00773. The Morgan fingerprint density at radius 2 is 1.78 bits per heavy atom. The van der Waals surface area contributed by atoms with Gasteiger partial charge in [0.15, 0.2) is 5.11 Å². The number of imide groups is 1. The lowest BCUT2D eigenvalue weighted by Gasteiger charge is -2.16. The number of carbonyl (C=O) groups is 3. The Morgan fingerprint density at radius 1 is 1.22 bits per heavy atom. The average molecular weight is 333 g/mol. The Kier molecular flexibility index (Phi) is 5.44. The van der Waals surface area contributed by atoms with Crippen LogP contribution in [0.5, 0.6) is 0 Å². The van der Waals surface area contributed by atoms with E-state index in [2.05, 4.69) is 10.6 Å². The molecule has 1 heterocycles. The van der Waals surface area contributed by atoms with Crippen molar-refractivity contribution in [2.24, 2.45) is 0 Å². The fraction of sp³-hybridized carbons (Fsp3) is 0.375. The lowest BCUT2D eigenvalue weighted by Crippen LogP contribution is -2.44. The van der Waals surface area contributed by atoms with Crippen LogP contribution in [-0.4, -0.2) is 40.3 Å². The number of nitrogens with zero attached hydrogens (tertiary/aromatic N) is 1. The Labute approximate surface area is 140 Å². The van der Waals surface area contributed by atoms with Gasteiger partial charge in [0, 0.05) is 19.0 Å². The highest BCUT2D eigenvalue weighted by Gasteiger charge is 2.34. The SMILES string of the molecule is CCC(C)NC(=S)NC(=O)CCN1C(=O)c2ccccc2C1=O. The van der Waals surface area contributed by atoms with E-state index >= 15 is 0 Å². The molecule has 0 saturated heterocycles. The lowest BCUT2D eigenvalue weighted by atomic mass is 10.1. The predicted molar refractivity (Wildman–Crippen MR) is 90.1 cm³/mol. The van der Waals surface area contributed by atoms with E-state index in [1.807, 2.05) is 13.8 Å². The van der Waals surface area contributed by atoms with Crippen molar-refractivity contribution < 1.29 is 14.4 Å². The summed E-state index contributed by atoms with van der Waals surface area (Å²) in [5, 5.41) is 5.78. The Hall–Kier alpha value is -2.28. The molecule has 0 fully saturated rings.